The third kappa shape index (κ3) is 51.1. The average molecular weight is 819 g/mol. The molecule has 58 heavy (non-hydrogen) atoms. The monoisotopic (exact) mass is 819 g/mol. The second kappa shape index (κ2) is 52.1. The van der Waals surface area contributed by atoms with Crippen molar-refractivity contribution in [2.75, 3.05) is 13.2 Å². The van der Waals surface area contributed by atoms with E-state index in [1.165, 1.54) is 270 Å². The first-order chi connectivity index (χ1) is 28.7. The summed E-state index contributed by atoms with van der Waals surface area (Å²) in [5.74, 6) is 0.0313. The fourth-order valence-electron chi connectivity index (χ4n) is 8.48. The minimum atomic E-state index is 0.0157. The molecule has 0 amide bonds. The molecule has 346 valence electrons. The molecule has 0 N–H and O–H groups in total. The van der Waals surface area contributed by atoms with Crippen molar-refractivity contribution >= 4 is 11.9 Å². The molecule has 0 aromatic heterocycles. The van der Waals surface area contributed by atoms with Crippen molar-refractivity contribution in [2.24, 2.45) is 0 Å². The van der Waals surface area contributed by atoms with Gasteiger partial charge < -0.3 is 9.47 Å². The maximum atomic E-state index is 12.0. The van der Waals surface area contributed by atoms with Gasteiger partial charge in [0.15, 0.2) is 0 Å². The van der Waals surface area contributed by atoms with E-state index in [9.17, 15) is 9.59 Å². The molecule has 0 heterocycles. The number of unbranched alkanes of at least 4 members (excludes halogenated alkanes) is 43. The Bertz CT molecular complexity index is 717. The topological polar surface area (TPSA) is 52.6 Å². The SMILES string of the molecule is CCCCCCCCCCCCCCCCCCC(=O)OCCCCCCCCCCCCCCCCOC(=O)CCCCCCCCCCCCCCCCCC. The third-order valence-corrected chi connectivity index (χ3v) is 12.5. The van der Waals surface area contributed by atoms with Crippen molar-refractivity contribution < 1.29 is 19.1 Å². The van der Waals surface area contributed by atoms with Gasteiger partial charge in [-0.15, -0.1) is 0 Å². The van der Waals surface area contributed by atoms with Crippen LogP contribution in [0, 0.1) is 0 Å². The standard InChI is InChI=1S/C54H106O4/c1-3-5-7-9-11-13-15-17-19-21-25-29-33-37-41-45-49-53(55)57-51-47-43-39-35-31-27-23-24-28-32-36-40-44-48-52-58-54(56)50-46-42-38-34-30-26-22-20-18-16-14-12-10-8-6-4-2/h3-52H2,1-2H3. The normalized spacial score (nSPS) is 11.4. The van der Waals surface area contributed by atoms with Gasteiger partial charge in [-0.3, -0.25) is 9.59 Å². The lowest BCUT2D eigenvalue weighted by Crippen LogP contribution is -2.05. The van der Waals surface area contributed by atoms with Gasteiger partial charge >= 0.3 is 11.9 Å². The van der Waals surface area contributed by atoms with Crippen molar-refractivity contribution in [1.82, 2.24) is 0 Å². The van der Waals surface area contributed by atoms with Crippen molar-refractivity contribution in [1.29, 1.82) is 0 Å². The van der Waals surface area contributed by atoms with Crippen LogP contribution >= 0.6 is 0 Å². The van der Waals surface area contributed by atoms with Gasteiger partial charge in [0, 0.05) is 12.8 Å². The Labute approximate surface area is 365 Å². The van der Waals surface area contributed by atoms with Crippen molar-refractivity contribution in [3.05, 3.63) is 0 Å². The summed E-state index contributed by atoms with van der Waals surface area (Å²) in [6.45, 7) is 5.81. The van der Waals surface area contributed by atoms with Gasteiger partial charge in [-0.2, -0.15) is 0 Å². The number of hydrogen-bond donors (Lipinski definition) is 0. The fourth-order valence-corrected chi connectivity index (χ4v) is 8.48. The van der Waals surface area contributed by atoms with Gasteiger partial charge in [-0.05, 0) is 25.7 Å². The quantitative estimate of drug-likeness (QED) is 0.0453. The lowest BCUT2D eigenvalue weighted by atomic mass is 10.0. The van der Waals surface area contributed by atoms with Gasteiger partial charge in [0.25, 0.3) is 0 Å². The molecule has 0 aromatic carbocycles. The molecule has 0 spiro atoms. The van der Waals surface area contributed by atoms with Crippen LogP contribution in [0.3, 0.4) is 0 Å². The third-order valence-electron chi connectivity index (χ3n) is 12.5. The zero-order chi connectivity index (χ0) is 41.9. The Balaban J connectivity index is 3.20. The molecule has 0 aromatic rings. The van der Waals surface area contributed by atoms with Crippen LogP contribution in [0.25, 0.3) is 0 Å². The Hall–Kier alpha value is -1.06. The molecular weight excluding hydrogens is 713 g/mol. The summed E-state index contributed by atoms with van der Waals surface area (Å²) in [5, 5.41) is 0. The van der Waals surface area contributed by atoms with E-state index in [1.54, 1.807) is 0 Å². The molecule has 4 heteroatoms. The molecule has 0 aliphatic carbocycles. The van der Waals surface area contributed by atoms with Crippen molar-refractivity contribution in [3.63, 3.8) is 0 Å². The van der Waals surface area contributed by atoms with Gasteiger partial charge in [0.1, 0.15) is 0 Å². The lowest BCUT2D eigenvalue weighted by Gasteiger charge is -2.06. The van der Waals surface area contributed by atoms with Gasteiger partial charge in [-0.1, -0.05) is 284 Å². The summed E-state index contributed by atoms with van der Waals surface area (Å²) in [6, 6.07) is 0. The minimum absolute atomic E-state index is 0.0157. The number of ether oxygens (including phenoxy) is 2. The second-order valence-corrected chi connectivity index (χ2v) is 18.5. The first-order valence-electron chi connectivity index (χ1n) is 27.0. The van der Waals surface area contributed by atoms with E-state index >= 15 is 0 Å². The van der Waals surface area contributed by atoms with Crippen LogP contribution in [0.5, 0.6) is 0 Å². The molecule has 0 radical (unpaired) electrons. The maximum Gasteiger partial charge on any atom is 0.305 e. The summed E-state index contributed by atoms with van der Waals surface area (Å²) in [5.41, 5.74) is 0. The van der Waals surface area contributed by atoms with E-state index < -0.39 is 0 Å². The van der Waals surface area contributed by atoms with Crippen LogP contribution in [-0.4, -0.2) is 25.2 Å². The summed E-state index contributed by atoms with van der Waals surface area (Å²) in [6.07, 6.45) is 62.4. The number of carbonyl (C=O) groups excluding carboxylic acids is 2. The molecule has 0 unspecified atom stereocenters. The highest BCUT2D eigenvalue weighted by atomic mass is 16.5. The van der Waals surface area contributed by atoms with Crippen LogP contribution in [-0.2, 0) is 19.1 Å². The summed E-state index contributed by atoms with van der Waals surface area (Å²) < 4.78 is 11.0. The number of carbonyl (C=O) groups is 2. The Morgan fingerprint density at radius 3 is 0.569 bits per heavy atom. The summed E-state index contributed by atoms with van der Waals surface area (Å²) >= 11 is 0. The molecule has 0 bridgehead atoms. The first kappa shape index (κ1) is 56.9. The molecule has 0 aliphatic heterocycles. The largest absolute Gasteiger partial charge is 0.466 e. The van der Waals surface area contributed by atoms with Gasteiger partial charge in [0.2, 0.25) is 0 Å². The molecular formula is C54H106O4. The van der Waals surface area contributed by atoms with Crippen molar-refractivity contribution in [2.45, 2.75) is 322 Å². The van der Waals surface area contributed by atoms with Gasteiger partial charge in [0.05, 0.1) is 13.2 Å². The maximum absolute atomic E-state index is 12.0. The van der Waals surface area contributed by atoms with Crippen LogP contribution in [0.2, 0.25) is 0 Å². The summed E-state index contributed by atoms with van der Waals surface area (Å²) in [7, 11) is 0. The summed E-state index contributed by atoms with van der Waals surface area (Å²) in [4.78, 5) is 24.1. The molecule has 0 aliphatic rings. The molecule has 0 atom stereocenters. The van der Waals surface area contributed by atoms with E-state index in [2.05, 4.69) is 13.8 Å². The van der Waals surface area contributed by atoms with Crippen molar-refractivity contribution in [3.8, 4) is 0 Å². The fraction of sp³-hybridized carbons (Fsp3) is 0.963. The minimum Gasteiger partial charge on any atom is -0.466 e. The van der Waals surface area contributed by atoms with Crippen LogP contribution in [0.4, 0.5) is 0 Å². The number of esters is 2. The van der Waals surface area contributed by atoms with Gasteiger partial charge in [-0.25, -0.2) is 0 Å². The first-order valence-corrected chi connectivity index (χ1v) is 27.0. The smallest absolute Gasteiger partial charge is 0.305 e. The zero-order valence-electron chi connectivity index (χ0n) is 40.0. The predicted molar refractivity (Wildman–Crippen MR) is 255 cm³/mol. The lowest BCUT2D eigenvalue weighted by molar-refractivity contribution is -0.144. The van der Waals surface area contributed by atoms with E-state index in [0.29, 0.717) is 26.1 Å². The van der Waals surface area contributed by atoms with Crippen LogP contribution < -0.4 is 0 Å². The predicted octanol–water partition coefficient (Wildman–Crippen LogP) is 18.8. The highest BCUT2D eigenvalue weighted by Crippen LogP contribution is 2.17. The Kier molecular flexibility index (Phi) is 51.1. The van der Waals surface area contributed by atoms with Crippen LogP contribution in [0.1, 0.15) is 322 Å². The van der Waals surface area contributed by atoms with E-state index in [0.717, 1.165) is 25.7 Å². The average Bonchev–Trinajstić information content (AvgIpc) is 3.22. The molecule has 0 fully saturated rings. The number of rotatable bonds is 51. The number of hydrogen-bond acceptors (Lipinski definition) is 4. The highest BCUT2D eigenvalue weighted by Gasteiger charge is 2.04. The highest BCUT2D eigenvalue weighted by molar-refractivity contribution is 5.69. The Morgan fingerprint density at radius 2 is 0.379 bits per heavy atom. The molecule has 4 nitrogen and oxygen atoms in total. The van der Waals surface area contributed by atoms with E-state index in [4.69, 9.17) is 9.47 Å². The van der Waals surface area contributed by atoms with Crippen LogP contribution in [0.15, 0.2) is 0 Å². The van der Waals surface area contributed by atoms with E-state index in [-0.39, 0.29) is 11.9 Å². The molecule has 0 saturated carbocycles. The Morgan fingerprint density at radius 1 is 0.224 bits per heavy atom. The molecule has 0 saturated heterocycles. The molecule has 0 rings (SSSR count). The second-order valence-electron chi connectivity index (χ2n) is 18.5. The zero-order valence-corrected chi connectivity index (χ0v) is 40.0. The van der Waals surface area contributed by atoms with E-state index in [1.807, 2.05) is 0 Å².